The lowest BCUT2D eigenvalue weighted by molar-refractivity contribution is -0.137. The fraction of sp³-hybridized carbons (Fsp3) is 0.450. The molecule has 17 nitrogen and oxygen atoms in total. The Hall–Kier alpha value is -5.83. The predicted octanol–water partition coefficient (Wildman–Crippen LogP) is 3.60. The van der Waals surface area contributed by atoms with E-state index >= 15 is 0 Å². The van der Waals surface area contributed by atoms with Crippen molar-refractivity contribution < 1.29 is 51.3 Å². The molecule has 4 heterocycles. The molecule has 4 amide bonds. The first-order chi connectivity index (χ1) is 28.9. The van der Waals surface area contributed by atoms with Gasteiger partial charge in [0.1, 0.15) is 23.2 Å². The van der Waals surface area contributed by atoms with Crippen molar-refractivity contribution in [3.63, 3.8) is 0 Å². The monoisotopic (exact) mass is 839 g/mol. The van der Waals surface area contributed by atoms with Crippen LogP contribution < -0.4 is 26.0 Å². The summed E-state index contributed by atoms with van der Waals surface area (Å²) >= 11 is 0. The lowest BCUT2D eigenvalue weighted by Crippen LogP contribution is -2.51. The highest BCUT2D eigenvalue weighted by Gasteiger charge is 2.45. The van der Waals surface area contributed by atoms with Crippen LogP contribution in [0, 0.1) is 0 Å². The second kappa shape index (κ2) is 19.9. The summed E-state index contributed by atoms with van der Waals surface area (Å²) in [6.45, 7) is 9.59. The van der Waals surface area contributed by atoms with Crippen LogP contribution in [0.4, 0.5) is 36.3 Å². The van der Waals surface area contributed by atoms with E-state index in [4.69, 9.17) is 18.9 Å². The number of hydrogen-bond donors (Lipinski definition) is 4. The third-order valence-corrected chi connectivity index (χ3v) is 10.1. The van der Waals surface area contributed by atoms with Crippen molar-refractivity contribution >= 4 is 46.8 Å². The highest BCUT2D eigenvalue weighted by atomic mass is 19.4. The minimum Gasteiger partial charge on any atom is -0.495 e. The van der Waals surface area contributed by atoms with Gasteiger partial charge >= 0.3 is 6.18 Å². The van der Waals surface area contributed by atoms with Crippen LogP contribution in [0.2, 0.25) is 0 Å². The maximum Gasteiger partial charge on any atom is 0.421 e. The van der Waals surface area contributed by atoms with Crippen molar-refractivity contribution in [1.82, 2.24) is 30.0 Å². The number of carbonyl (C=O) groups excluding carboxylic acids is 4. The van der Waals surface area contributed by atoms with E-state index in [0.717, 1.165) is 4.90 Å². The van der Waals surface area contributed by atoms with Crippen molar-refractivity contribution in [2.75, 3.05) is 109 Å². The number of benzene rings is 2. The van der Waals surface area contributed by atoms with E-state index < -0.39 is 35.5 Å². The number of piperazine rings is 1. The zero-order valence-electron chi connectivity index (χ0n) is 33.4. The maximum atomic E-state index is 13.3. The molecule has 6 rings (SSSR count). The van der Waals surface area contributed by atoms with Crippen molar-refractivity contribution in [3.05, 3.63) is 77.1 Å². The lowest BCUT2D eigenvalue weighted by atomic mass is 10.0. The highest BCUT2D eigenvalue weighted by molar-refractivity contribution is 6.25. The molecule has 0 spiro atoms. The molecule has 20 heteroatoms. The molecule has 0 bridgehead atoms. The van der Waals surface area contributed by atoms with E-state index in [0.29, 0.717) is 126 Å². The van der Waals surface area contributed by atoms with Gasteiger partial charge in [-0.1, -0.05) is 12.6 Å². The Balaban J connectivity index is 0.819. The van der Waals surface area contributed by atoms with Crippen LogP contribution in [-0.4, -0.2) is 147 Å². The number of anilines is 4. The van der Waals surface area contributed by atoms with E-state index in [1.165, 1.54) is 14.2 Å². The number of halogens is 3. The molecule has 2 fully saturated rings. The van der Waals surface area contributed by atoms with Crippen molar-refractivity contribution in [2.24, 2.45) is 0 Å². The molecule has 2 saturated heterocycles. The number of allylic oxidation sites excluding steroid dienone is 1. The van der Waals surface area contributed by atoms with Gasteiger partial charge in [-0.3, -0.25) is 29.0 Å². The maximum absolute atomic E-state index is 13.3. The smallest absolute Gasteiger partial charge is 0.421 e. The predicted molar refractivity (Wildman–Crippen MR) is 213 cm³/mol. The Morgan fingerprint density at radius 1 is 0.950 bits per heavy atom. The fourth-order valence-corrected chi connectivity index (χ4v) is 6.98. The lowest BCUT2D eigenvalue weighted by Gasteiger charge is -2.34. The zero-order chi connectivity index (χ0) is 42.8. The summed E-state index contributed by atoms with van der Waals surface area (Å²) < 4.78 is 62.2. The van der Waals surface area contributed by atoms with Crippen LogP contribution in [0.3, 0.4) is 0 Å². The zero-order valence-corrected chi connectivity index (χ0v) is 33.4. The number of ether oxygens (including phenoxy) is 4. The molecule has 322 valence electrons. The Labute approximate surface area is 344 Å². The third-order valence-electron chi connectivity index (χ3n) is 10.1. The molecule has 60 heavy (non-hydrogen) atoms. The van der Waals surface area contributed by atoms with Gasteiger partial charge in [0.15, 0.2) is 0 Å². The number of carbonyl (C=O) groups is 4. The summed E-state index contributed by atoms with van der Waals surface area (Å²) in [6, 6.07) is 8.89. The van der Waals surface area contributed by atoms with Crippen LogP contribution in [-0.2, 0) is 25.2 Å². The van der Waals surface area contributed by atoms with Crippen molar-refractivity contribution in [3.8, 4) is 5.75 Å². The van der Waals surface area contributed by atoms with Gasteiger partial charge in [-0.2, -0.15) is 18.2 Å². The summed E-state index contributed by atoms with van der Waals surface area (Å²) in [5, 5.41) is 11.1. The Morgan fingerprint density at radius 3 is 2.35 bits per heavy atom. The average molecular weight is 840 g/mol. The molecule has 2 aromatic carbocycles. The van der Waals surface area contributed by atoms with Crippen LogP contribution in [0.1, 0.15) is 49.5 Å². The van der Waals surface area contributed by atoms with Gasteiger partial charge < -0.3 is 45.1 Å². The first-order valence-electron chi connectivity index (χ1n) is 19.4. The van der Waals surface area contributed by atoms with Gasteiger partial charge in [-0.25, -0.2) is 4.98 Å². The summed E-state index contributed by atoms with van der Waals surface area (Å²) in [4.78, 5) is 64.9. The number of fused-ring (bicyclic) bond motifs is 1. The van der Waals surface area contributed by atoms with Crippen molar-refractivity contribution in [1.29, 1.82) is 0 Å². The number of piperidine rings is 1. The molecule has 0 aliphatic carbocycles. The normalized spacial score (nSPS) is 17.1. The second-order valence-corrected chi connectivity index (χ2v) is 14.0. The number of methoxy groups -OCH3 is 1. The van der Waals surface area contributed by atoms with E-state index in [1.54, 1.807) is 41.3 Å². The third kappa shape index (κ3) is 10.5. The summed E-state index contributed by atoms with van der Waals surface area (Å²) in [5.74, 6) is -1.72. The van der Waals surface area contributed by atoms with Crippen LogP contribution >= 0.6 is 0 Å². The molecule has 1 unspecified atom stereocenters. The summed E-state index contributed by atoms with van der Waals surface area (Å²) in [7, 11) is 2.76. The minimum absolute atomic E-state index is 0.0759. The number of alkyl halides is 3. The summed E-state index contributed by atoms with van der Waals surface area (Å²) in [5.41, 5.74) is 1.37. The van der Waals surface area contributed by atoms with Gasteiger partial charge in [0, 0.05) is 69.5 Å². The Bertz CT molecular complexity index is 2060. The molecule has 0 saturated carbocycles. The minimum atomic E-state index is -4.62. The van der Waals surface area contributed by atoms with Crippen LogP contribution in [0.15, 0.2) is 54.9 Å². The fourth-order valence-electron chi connectivity index (χ4n) is 6.98. The Kier molecular flexibility index (Phi) is 14.5. The first kappa shape index (κ1) is 43.7. The number of rotatable bonds is 19. The van der Waals surface area contributed by atoms with Crippen molar-refractivity contribution in [2.45, 2.75) is 25.1 Å². The van der Waals surface area contributed by atoms with E-state index in [2.05, 4.69) is 42.7 Å². The van der Waals surface area contributed by atoms with Gasteiger partial charge in [-0.05, 0) is 43.2 Å². The first-order valence-corrected chi connectivity index (χ1v) is 19.4. The molecule has 3 aromatic rings. The number of nitrogens with one attached hydrogen (secondary N) is 4. The van der Waals surface area contributed by atoms with Crippen LogP contribution in [0.25, 0.3) is 0 Å². The Morgan fingerprint density at radius 2 is 1.67 bits per heavy atom. The number of imide groups is 1. The molecular weight excluding hydrogens is 791 g/mol. The van der Waals surface area contributed by atoms with Gasteiger partial charge in [-0.15, -0.1) is 0 Å². The summed E-state index contributed by atoms with van der Waals surface area (Å²) in [6.07, 6.45) is -3.10. The molecule has 0 radical (unpaired) electrons. The number of hydrogen-bond acceptors (Lipinski definition) is 14. The van der Waals surface area contributed by atoms with Gasteiger partial charge in [0.25, 0.3) is 17.7 Å². The largest absolute Gasteiger partial charge is 0.495 e. The van der Waals surface area contributed by atoms with Crippen LogP contribution in [0.5, 0.6) is 5.75 Å². The number of amides is 4. The van der Waals surface area contributed by atoms with E-state index in [-0.39, 0.29) is 28.8 Å². The molecule has 3 aliphatic rings. The number of aromatic nitrogens is 2. The van der Waals surface area contributed by atoms with Gasteiger partial charge in [0.05, 0.1) is 63.6 Å². The van der Waals surface area contributed by atoms with E-state index in [1.807, 2.05) is 0 Å². The quantitative estimate of drug-likeness (QED) is 0.101. The molecule has 1 atom stereocenters. The molecule has 4 N–H and O–H groups in total. The number of nitrogens with zero attached hydrogens (tertiary/aromatic N) is 5. The SMILES string of the molecule is C=C1CCC(N2C(=O)c3cccc(NCCOCCOCCOCCN4CCN(C(=O)c5ccc(Nc6ncc(C(F)(F)F)c(NC)n6)c(OC)c5)CC4)c3C2=O)C(=O)N1. The molecule has 1 aromatic heterocycles. The second-order valence-electron chi connectivity index (χ2n) is 14.0. The molecular formula is C40H48F3N9O8. The standard InChI is InChI=1S/C40H48F3N9O8/c1-25-7-10-31(35(53)47-25)52-37(55)27-5-4-6-30(33(27)38(52)56)45-11-17-58-19-21-60-22-20-59-18-16-50-12-14-51(15-13-50)36(54)26-8-9-29(32(23-26)57-3)48-39-46-24-28(40(41,42)43)34(44-2)49-39/h4-6,8-9,23-24,31,45H,1,7,10-22H2,2-3H3,(H,47,53)(H2,44,46,48,49). The highest BCUT2D eigenvalue weighted by Crippen LogP contribution is 2.35. The topological polar surface area (TPSA) is 189 Å². The van der Waals surface area contributed by atoms with Gasteiger partial charge in [0.2, 0.25) is 11.9 Å². The van der Waals surface area contributed by atoms with E-state index in [9.17, 15) is 32.3 Å². The molecule has 3 aliphatic heterocycles. The average Bonchev–Trinajstić information content (AvgIpc) is 3.49.